The fraction of sp³-hybridized carbons (Fsp3) is 0.0476. The molecule has 4 rings (SSSR count). The standard InChI is InChI=1S/C9H9NO2.2C6H6/c1-2-4-8(5-3-1)6-9-7-11-12-10-9;2*1-2-4-6-5-3-1/h1-5,7,10H,6H2;2*1-6H. The van der Waals surface area contributed by atoms with Gasteiger partial charge in [-0.15, -0.1) is 0 Å². The van der Waals surface area contributed by atoms with Gasteiger partial charge >= 0.3 is 0 Å². The lowest BCUT2D eigenvalue weighted by atomic mass is 10.1. The van der Waals surface area contributed by atoms with Crippen molar-refractivity contribution in [3.8, 4) is 0 Å². The molecule has 1 aliphatic heterocycles. The minimum Gasteiger partial charge on any atom is -0.320 e. The molecule has 0 spiro atoms. The minimum absolute atomic E-state index is 0.806. The molecule has 3 aromatic rings. The van der Waals surface area contributed by atoms with Gasteiger partial charge in [0.05, 0.1) is 5.70 Å². The summed E-state index contributed by atoms with van der Waals surface area (Å²) < 4.78 is 0. The largest absolute Gasteiger partial charge is 0.320 e. The van der Waals surface area contributed by atoms with Crippen LogP contribution in [0, 0.1) is 0 Å². The zero-order valence-electron chi connectivity index (χ0n) is 13.4. The molecule has 122 valence electrons. The number of rotatable bonds is 2. The average Bonchev–Trinajstić information content (AvgIpc) is 3.20. The van der Waals surface area contributed by atoms with Gasteiger partial charge in [0.2, 0.25) is 0 Å². The first-order chi connectivity index (χ1) is 11.9. The van der Waals surface area contributed by atoms with Crippen LogP contribution in [-0.4, -0.2) is 0 Å². The van der Waals surface area contributed by atoms with Crippen molar-refractivity contribution in [3.63, 3.8) is 0 Å². The predicted molar refractivity (Wildman–Crippen MR) is 96.4 cm³/mol. The Morgan fingerprint density at radius 1 is 0.583 bits per heavy atom. The van der Waals surface area contributed by atoms with Crippen LogP contribution in [-0.2, 0) is 16.3 Å². The molecule has 0 aliphatic carbocycles. The van der Waals surface area contributed by atoms with Gasteiger partial charge in [0, 0.05) is 6.42 Å². The maximum absolute atomic E-state index is 4.56. The van der Waals surface area contributed by atoms with Crippen molar-refractivity contribution in [2.75, 3.05) is 0 Å². The Morgan fingerprint density at radius 2 is 1.00 bits per heavy atom. The van der Waals surface area contributed by atoms with Crippen molar-refractivity contribution in [1.82, 2.24) is 5.48 Å². The van der Waals surface area contributed by atoms with E-state index in [0.717, 1.165) is 12.1 Å². The lowest BCUT2D eigenvalue weighted by molar-refractivity contribution is -0.265. The molecule has 24 heavy (non-hydrogen) atoms. The highest BCUT2D eigenvalue weighted by Gasteiger charge is 2.05. The molecule has 3 heteroatoms. The van der Waals surface area contributed by atoms with Gasteiger partial charge in [-0.1, -0.05) is 108 Å². The van der Waals surface area contributed by atoms with Crippen LogP contribution in [0.5, 0.6) is 0 Å². The van der Waals surface area contributed by atoms with Gasteiger partial charge in [0.25, 0.3) is 0 Å². The first-order valence-corrected chi connectivity index (χ1v) is 7.76. The van der Waals surface area contributed by atoms with Crippen LogP contribution in [0.1, 0.15) is 5.56 Å². The molecule has 0 bridgehead atoms. The van der Waals surface area contributed by atoms with Crippen LogP contribution in [0.4, 0.5) is 0 Å². The third kappa shape index (κ3) is 7.82. The Labute approximate surface area is 143 Å². The van der Waals surface area contributed by atoms with E-state index in [0.29, 0.717) is 0 Å². The second-order valence-electron chi connectivity index (χ2n) is 4.90. The monoisotopic (exact) mass is 319 g/mol. The second-order valence-corrected chi connectivity index (χ2v) is 4.90. The molecule has 3 nitrogen and oxygen atoms in total. The summed E-state index contributed by atoms with van der Waals surface area (Å²) >= 11 is 0. The molecule has 0 atom stereocenters. The highest BCUT2D eigenvalue weighted by molar-refractivity contribution is 5.20. The van der Waals surface area contributed by atoms with Crippen molar-refractivity contribution in [2.24, 2.45) is 0 Å². The van der Waals surface area contributed by atoms with Crippen molar-refractivity contribution < 1.29 is 9.88 Å². The van der Waals surface area contributed by atoms with Gasteiger partial charge in [-0.2, -0.15) is 0 Å². The average molecular weight is 319 g/mol. The van der Waals surface area contributed by atoms with Gasteiger partial charge in [-0.25, -0.2) is 5.48 Å². The molecular formula is C21H21NO2. The number of nitrogens with one attached hydrogen (secondary N) is 1. The van der Waals surface area contributed by atoms with Crippen molar-refractivity contribution in [1.29, 1.82) is 0 Å². The van der Waals surface area contributed by atoms with Crippen molar-refractivity contribution in [2.45, 2.75) is 6.42 Å². The molecule has 1 heterocycles. The maximum Gasteiger partial charge on any atom is 0.153 e. The third-order valence-corrected chi connectivity index (χ3v) is 2.98. The summed E-state index contributed by atoms with van der Waals surface area (Å²) in [5.74, 6) is 0. The number of allylic oxidation sites excluding steroid dienone is 1. The third-order valence-electron chi connectivity index (χ3n) is 2.98. The highest BCUT2D eigenvalue weighted by Crippen LogP contribution is 2.08. The predicted octanol–water partition coefficient (Wildman–Crippen LogP) is 4.91. The molecule has 3 aromatic carbocycles. The van der Waals surface area contributed by atoms with Crippen LogP contribution in [0.3, 0.4) is 0 Å². The van der Waals surface area contributed by atoms with Crippen LogP contribution >= 0.6 is 0 Å². The first-order valence-electron chi connectivity index (χ1n) is 7.76. The molecule has 1 aliphatic rings. The fourth-order valence-corrected chi connectivity index (χ4v) is 1.85. The Bertz CT molecular complexity index is 585. The van der Waals surface area contributed by atoms with Gasteiger partial charge in [0.1, 0.15) is 0 Å². The summed E-state index contributed by atoms with van der Waals surface area (Å²) in [6.45, 7) is 0. The lowest BCUT2D eigenvalue weighted by Crippen LogP contribution is -2.07. The lowest BCUT2D eigenvalue weighted by Gasteiger charge is -1.98. The molecule has 0 saturated carbocycles. The Kier molecular flexibility index (Phi) is 8.31. The number of hydroxylamine groups is 1. The molecule has 1 N–H and O–H groups in total. The molecule has 0 amide bonds. The van der Waals surface area contributed by atoms with Gasteiger partial charge in [-0.3, -0.25) is 0 Å². The topological polar surface area (TPSA) is 30.5 Å². The van der Waals surface area contributed by atoms with Gasteiger partial charge in [0.15, 0.2) is 6.26 Å². The molecule has 0 saturated heterocycles. The molecular weight excluding hydrogens is 298 g/mol. The Morgan fingerprint density at radius 3 is 1.38 bits per heavy atom. The normalized spacial score (nSPS) is 11.4. The number of hydrogen-bond donors (Lipinski definition) is 1. The summed E-state index contributed by atoms with van der Waals surface area (Å²) in [5, 5.41) is 0. The summed E-state index contributed by atoms with van der Waals surface area (Å²) in [6.07, 6.45) is 2.37. The molecule has 0 aromatic heterocycles. The van der Waals surface area contributed by atoms with E-state index in [1.807, 2.05) is 91.0 Å². The zero-order chi connectivity index (χ0) is 16.7. The number of hydrogen-bond acceptors (Lipinski definition) is 3. The van der Waals surface area contributed by atoms with Gasteiger partial charge in [-0.05, 0) is 5.56 Å². The summed E-state index contributed by atoms with van der Waals surface area (Å²) in [5.41, 5.74) is 4.80. The van der Waals surface area contributed by atoms with E-state index in [1.54, 1.807) is 6.26 Å². The van der Waals surface area contributed by atoms with Crippen LogP contribution in [0.2, 0.25) is 0 Å². The SMILES string of the molecule is C1=C(Cc2ccccc2)NOO1.c1ccccc1.c1ccccc1. The molecule has 0 unspecified atom stereocenters. The quantitative estimate of drug-likeness (QED) is 0.681. The number of benzene rings is 3. The van der Waals surface area contributed by atoms with Crippen LogP contribution in [0.15, 0.2) is 115 Å². The maximum atomic E-state index is 4.56. The minimum atomic E-state index is 0.806. The summed E-state index contributed by atoms with van der Waals surface area (Å²) in [4.78, 5) is 9.04. The first kappa shape index (κ1) is 17.3. The van der Waals surface area contributed by atoms with Crippen molar-refractivity contribution >= 4 is 0 Å². The molecule has 0 fully saturated rings. The smallest absolute Gasteiger partial charge is 0.153 e. The van der Waals surface area contributed by atoms with E-state index in [-0.39, 0.29) is 0 Å². The molecule has 0 radical (unpaired) electrons. The zero-order valence-corrected chi connectivity index (χ0v) is 13.4. The highest BCUT2D eigenvalue weighted by atomic mass is 17.3. The summed E-state index contributed by atoms with van der Waals surface area (Å²) in [7, 11) is 0. The second kappa shape index (κ2) is 11.5. The van der Waals surface area contributed by atoms with E-state index < -0.39 is 0 Å². The van der Waals surface area contributed by atoms with E-state index >= 15 is 0 Å². The van der Waals surface area contributed by atoms with Crippen molar-refractivity contribution in [3.05, 3.63) is 121 Å². The van der Waals surface area contributed by atoms with Crippen LogP contribution in [0.25, 0.3) is 0 Å². The Balaban J connectivity index is 0.000000146. The Hall–Kier alpha value is -3.04. The van der Waals surface area contributed by atoms with Gasteiger partial charge < -0.3 is 4.89 Å². The fourth-order valence-electron chi connectivity index (χ4n) is 1.85. The van der Waals surface area contributed by atoms with Crippen LogP contribution < -0.4 is 5.48 Å². The summed E-state index contributed by atoms with van der Waals surface area (Å²) in [6, 6.07) is 34.1. The van der Waals surface area contributed by atoms with E-state index in [9.17, 15) is 0 Å². The van der Waals surface area contributed by atoms with E-state index in [1.165, 1.54) is 5.56 Å². The van der Waals surface area contributed by atoms with E-state index in [4.69, 9.17) is 0 Å². The van der Waals surface area contributed by atoms with E-state index in [2.05, 4.69) is 27.5 Å².